The van der Waals surface area contributed by atoms with Crippen molar-refractivity contribution < 1.29 is 14.6 Å². The van der Waals surface area contributed by atoms with E-state index in [1.165, 1.54) is 6.07 Å². The molecule has 118 valence electrons. The van der Waals surface area contributed by atoms with Gasteiger partial charge < -0.3 is 14.4 Å². The number of benzene rings is 2. The van der Waals surface area contributed by atoms with Gasteiger partial charge in [0.05, 0.1) is 12.0 Å². The van der Waals surface area contributed by atoms with Crippen LogP contribution in [-0.2, 0) is 6.61 Å². The van der Waals surface area contributed by atoms with Crippen LogP contribution in [0.1, 0.15) is 15.9 Å². The van der Waals surface area contributed by atoms with Gasteiger partial charge >= 0.3 is 5.97 Å². The average Bonchev–Trinajstić information content (AvgIpc) is 3.08. The summed E-state index contributed by atoms with van der Waals surface area (Å²) in [4.78, 5) is 15.3. The van der Waals surface area contributed by atoms with Gasteiger partial charge in [0.2, 0.25) is 0 Å². The van der Waals surface area contributed by atoms with Crippen molar-refractivity contribution >= 4 is 18.4 Å². The molecule has 0 unspecified atom stereocenters. The molecule has 23 heavy (non-hydrogen) atoms. The number of carboxylic acid groups (broad SMARTS) is 1. The highest BCUT2D eigenvalue weighted by Crippen LogP contribution is 2.24. The maximum atomic E-state index is 11.3. The Labute approximate surface area is 139 Å². The Bertz CT molecular complexity index is 774. The molecule has 0 aliphatic carbocycles. The van der Waals surface area contributed by atoms with Crippen LogP contribution in [0.3, 0.4) is 0 Å². The SMILES string of the molecule is Cl.O=C(O)c1ccc(-n2ccnc2)cc1OCc1ccccc1. The van der Waals surface area contributed by atoms with Crippen molar-refractivity contribution in [2.45, 2.75) is 6.61 Å². The maximum Gasteiger partial charge on any atom is 0.339 e. The number of ether oxygens (including phenoxy) is 1. The van der Waals surface area contributed by atoms with Gasteiger partial charge in [-0.3, -0.25) is 0 Å². The molecule has 1 aromatic heterocycles. The van der Waals surface area contributed by atoms with Gasteiger partial charge in [0.15, 0.2) is 0 Å². The number of imidazole rings is 1. The van der Waals surface area contributed by atoms with Gasteiger partial charge in [-0.1, -0.05) is 30.3 Å². The van der Waals surface area contributed by atoms with Gasteiger partial charge in [-0.15, -0.1) is 12.4 Å². The summed E-state index contributed by atoms with van der Waals surface area (Å²) < 4.78 is 7.50. The summed E-state index contributed by atoms with van der Waals surface area (Å²) in [6, 6.07) is 14.6. The summed E-state index contributed by atoms with van der Waals surface area (Å²) in [6.45, 7) is 0.314. The topological polar surface area (TPSA) is 64.3 Å². The first-order valence-electron chi connectivity index (χ1n) is 6.76. The molecular formula is C17H15ClN2O3. The first kappa shape index (κ1) is 16.6. The highest BCUT2D eigenvalue weighted by molar-refractivity contribution is 5.91. The van der Waals surface area contributed by atoms with Crippen molar-refractivity contribution in [2.75, 3.05) is 0 Å². The van der Waals surface area contributed by atoms with E-state index >= 15 is 0 Å². The van der Waals surface area contributed by atoms with Crippen LogP contribution in [0.2, 0.25) is 0 Å². The van der Waals surface area contributed by atoms with E-state index < -0.39 is 5.97 Å². The minimum atomic E-state index is -1.01. The molecule has 0 aliphatic rings. The first-order chi connectivity index (χ1) is 10.7. The fourth-order valence-corrected chi connectivity index (χ4v) is 2.11. The fourth-order valence-electron chi connectivity index (χ4n) is 2.11. The molecule has 5 nitrogen and oxygen atoms in total. The second-order valence-electron chi connectivity index (χ2n) is 4.73. The van der Waals surface area contributed by atoms with Crippen LogP contribution in [0.15, 0.2) is 67.3 Å². The Morgan fingerprint density at radius 3 is 2.61 bits per heavy atom. The third-order valence-electron chi connectivity index (χ3n) is 3.24. The number of carbonyl (C=O) groups is 1. The molecule has 0 atom stereocenters. The molecule has 0 saturated heterocycles. The molecule has 1 heterocycles. The summed E-state index contributed by atoms with van der Waals surface area (Å²) in [5.41, 5.74) is 1.91. The molecule has 3 rings (SSSR count). The zero-order valence-corrected chi connectivity index (χ0v) is 12.9. The maximum absolute atomic E-state index is 11.3. The predicted octanol–water partition coefficient (Wildman–Crippen LogP) is 3.57. The smallest absolute Gasteiger partial charge is 0.339 e. The zero-order chi connectivity index (χ0) is 15.4. The largest absolute Gasteiger partial charge is 0.488 e. The van der Waals surface area contributed by atoms with Crippen molar-refractivity contribution in [3.8, 4) is 11.4 Å². The number of carboxylic acids is 1. The Morgan fingerprint density at radius 1 is 1.17 bits per heavy atom. The van der Waals surface area contributed by atoms with Crippen molar-refractivity contribution in [2.24, 2.45) is 0 Å². The summed E-state index contributed by atoms with van der Waals surface area (Å²) in [6.07, 6.45) is 5.10. The summed E-state index contributed by atoms with van der Waals surface area (Å²) in [5, 5.41) is 9.29. The van der Waals surface area contributed by atoms with Crippen molar-refractivity contribution in [3.05, 3.63) is 78.4 Å². The Balaban J connectivity index is 0.00000192. The quantitative estimate of drug-likeness (QED) is 0.776. The Kier molecular flexibility index (Phi) is 5.38. The van der Waals surface area contributed by atoms with Crippen LogP contribution >= 0.6 is 12.4 Å². The van der Waals surface area contributed by atoms with Crippen molar-refractivity contribution in [1.29, 1.82) is 0 Å². The lowest BCUT2D eigenvalue weighted by atomic mass is 10.1. The predicted molar refractivity (Wildman–Crippen MR) is 88.5 cm³/mol. The van der Waals surface area contributed by atoms with E-state index in [1.54, 1.807) is 35.4 Å². The molecule has 0 saturated carbocycles. The van der Waals surface area contributed by atoms with Gasteiger partial charge in [-0.25, -0.2) is 9.78 Å². The molecule has 0 aliphatic heterocycles. The highest BCUT2D eigenvalue weighted by Gasteiger charge is 2.13. The number of aromatic nitrogens is 2. The standard InChI is InChI=1S/C17H14N2O3.ClH/c20-17(21)15-7-6-14(19-9-8-18-12-19)10-16(15)22-11-13-4-2-1-3-5-13;/h1-10,12H,11H2,(H,20,21);1H. The molecule has 0 spiro atoms. The van der Waals surface area contributed by atoms with Gasteiger partial charge in [0, 0.05) is 18.5 Å². The minimum absolute atomic E-state index is 0. The van der Waals surface area contributed by atoms with Crippen LogP contribution in [0.4, 0.5) is 0 Å². The number of rotatable bonds is 5. The minimum Gasteiger partial charge on any atom is -0.488 e. The molecule has 6 heteroatoms. The van der Waals surface area contributed by atoms with E-state index in [4.69, 9.17) is 4.74 Å². The second kappa shape index (κ2) is 7.47. The number of aromatic carboxylic acids is 1. The summed E-state index contributed by atoms with van der Waals surface area (Å²) in [7, 11) is 0. The molecule has 2 aromatic carbocycles. The number of halogens is 1. The second-order valence-corrected chi connectivity index (χ2v) is 4.73. The van der Waals surface area contributed by atoms with E-state index in [0.29, 0.717) is 12.4 Å². The van der Waals surface area contributed by atoms with Gasteiger partial charge in [-0.05, 0) is 17.7 Å². The normalized spacial score (nSPS) is 9.91. The third kappa shape index (κ3) is 3.90. The van der Waals surface area contributed by atoms with Gasteiger partial charge in [0.1, 0.15) is 17.9 Å². The van der Waals surface area contributed by atoms with Crippen molar-refractivity contribution in [3.63, 3.8) is 0 Å². The Morgan fingerprint density at radius 2 is 1.96 bits per heavy atom. The van der Waals surface area contributed by atoms with Crippen LogP contribution in [0.5, 0.6) is 5.75 Å². The third-order valence-corrected chi connectivity index (χ3v) is 3.24. The average molecular weight is 331 g/mol. The van der Waals surface area contributed by atoms with E-state index in [0.717, 1.165) is 11.3 Å². The van der Waals surface area contributed by atoms with Gasteiger partial charge in [0.25, 0.3) is 0 Å². The lowest BCUT2D eigenvalue weighted by Crippen LogP contribution is -2.04. The number of nitrogens with zero attached hydrogens (tertiary/aromatic N) is 2. The van der Waals surface area contributed by atoms with Gasteiger partial charge in [-0.2, -0.15) is 0 Å². The lowest BCUT2D eigenvalue weighted by molar-refractivity contribution is 0.0692. The monoisotopic (exact) mass is 330 g/mol. The molecule has 0 amide bonds. The van der Waals surface area contributed by atoms with Crippen molar-refractivity contribution in [1.82, 2.24) is 9.55 Å². The molecule has 0 fully saturated rings. The zero-order valence-electron chi connectivity index (χ0n) is 12.1. The molecular weight excluding hydrogens is 316 g/mol. The van der Waals surface area contributed by atoms with E-state index in [-0.39, 0.29) is 18.0 Å². The van der Waals surface area contributed by atoms with E-state index in [2.05, 4.69) is 4.98 Å². The molecule has 1 N–H and O–H groups in total. The van der Waals surface area contributed by atoms with E-state index in [1.807, 2.05) is 30.3 Å². The van der Waals surface area contributed by atoms with Crippen LogP contribution in [-0.4, -0.2) is 20.6 Å². The molecule has 3 aromatic rings. The summed E-state index contributed by atoms with van der Waals surface area (Å²) in [5.74, 6) is -0.678. The first-order valence-corrected chi connectivity index (χ1v) is 6.76. The number of hydrogen-bond donors (Lipinski definition) is 1. The Hall–Kier alpha value is -2.79. The highest BCUT2D eigenvalue weighted by atomic mass is 35.5. The summed E-state index contributed by atoms with van der Waals surface area (Å²) >= 11 is 0. The number of hydrogen-bond acceptors (Lipinski definition) is 3. The van der Waals surface area contributed by atoms with Crippen LogP contribution in [0.25, 0.3) is 5.69 Å². The molecule has 0 bridgehead atoms. The fraction of sp³-hybridized carbons (Fsp3) is 0.0588. The van der Waals surface area contributed by atoms with Crippen LogP contribution < -0.4 is 4.74 Å². The lowest BCUT2D eigenvalue weighted by Gasteiger charge is -2.11. The van der Waals surface area contributed by atoms with E-state index in [9.17, 15) is 9.90 Å². The van der Waals surface area contributed by atoms with Crippen LogP contribution in [0, 0.1) is 0 Å². The molecule has 0 radical (unpaired) electrons.